The van der Waals surface area contributed by atoms with E-state index in [1.54, 1.807) is 0 Å². The molecule has 0 aliphatic rings. The molecule has 0 aromatic carbocycles. The monoisotopic (exact) mass is 248 g/mol. The lowest BCUT2D eigenvalue weighted by Gasteiger charge is -2.29. The molecule has 0 saturated carbocycles. The van der Waals surface area contributed by atoms with Crippen molar-refractivity contribution in [3.63, 3.8) is 0 Å². The molecule has 1 heterocycles. The standard InChI is InChI=1S/C16H28N2/c1-6-8-13(2)15(12-18-16(3,4)5)14-9-7-10-17-11-14/h7,9-11,13,15,18H,6,8,12H2,1-5H3. The fourth-order valence-corrected chi connectivity index (χ4v) is 2.32. The number of pyridine rings is 1. The quantitative estimate of drug-likeness (QED) is 0.823. The summed E-state index contributed by atoms with van der Waals surface area (Å²) >= 11 is 0. The van der Waals surface area contributed by atoms with Gasteiger partial charge < -0.3 is 5.32 Å². The Morgan fingerprint density at radius 3 is 2.56 bits per heavy atom. The van der Waals surface area contributed by atoms with Crippen molar-refractivity contribution < 1.29 is 0 Å². The summed E-state index contributed by atoms with van der Waals surface area (Å²) in [6, 6.07) is 4.24. The minimum absolute atomic E-state index is 0.173. The van der Waals surface area contributed by atoms with E-state index in [1.807, 2.05) is 18.5 Å². The van der Waals surface area contributed by atoms with Crippen LogP contribution in [0, 0.1) is 5.92 Å². The number of hydrogen-bond donors (Lipinski definition) is 1. The Bertz CT molecular complexity index is 327. The minimum Gasteiger partial charge on any atom is -0.311 e. The Labute approximate surface area is 112 Å². The summed E-state index contributed by atoms with van der Waals surface area (Å²) in [5.41, 5.74) is 1.53. The summed E-state index contributed by atoms with van der Waals surface area (Å²) in [5.74, 6) is 1.24. The van der Waals surface area contributed by atoms with E-state index < -0.39 is 0 Å². The lowest BCUT2D eigenvalue weighted by molar-refractivity contribution is 0.348. The molecule has 18 heavy (non-hydrogen) atoms. The topological polar surface area (TPSA) is 24.9 Å². The molecule has 2 atom stereocenters. The van der Waals surface area contributed by atoms with Crippen molar-refractivity contribution in [1.29, 1.82) is 0 Å². The van der Waals surface area contributed by atoms with Crippen LogP contribution in [0.2, 0.25) is 0 Å². The van der Waals surface area contributed by atoms with Crippen LogP contribution < -0.4 is 5.32 Å². The van der Waals surface area contributed by atoms with Gasteiger partial charge in [0.05, 0.1) is 0 Å². The highest BCUT2D eigenvalue weighted by Crippen LogP contribution is 2.27. The van der Waals surface area contributed by atoms with Crippen LogP contribution in [0.3, 0.4) is 0 Å². The minimum atomic E-state index is 0.173. The first kappa shape index (κ1) is 15.2. The summed E-state index contributed by atoms with van der Waals surface area (Å²) < 4.78 is 0. The Hall–Kier alpha value is -0.890. The summed E-state index contributed by atoms with van der Waals surface area (Å²) in [6.45, 7) is 12.3. The third-order valence-electron chi connectivity index (χ3n) is 3.40. The molecule has 0 aliphatic heterocycles. The SMILES string of the molecule is CCCC(C)C(CNC(C)(C)C)c1cccnc1. The number of nitrogens with zero attached hydrogens (tertiary/aromatic N) is 1. The maximum Gasteiger partial charge on any atom is 0.0303 e. The van der Waals surface area contributed by atoms with Gasteiger partial charge in [-0.3, -0.25) is 4.98 Å². The summed E-state index contributed by atoms with van der Waals surface area (Å²) in [6.07, 6.45) is 6.38. The molecule has 1 aromatic rings. The van der Waals surface area contributed by atoms with Crippen molar-refractivity contribution in [3.05, 3.63) is 30.1 Å². The number of hydrogen-bond acceptors (Lipinski definition) is 2. The van der Waals surface area contributed by atoms with Gasteiger partial charge in [-0.1, -0.05) is 32.8 Å². The van der Waals surface area contributed by atoms with Gasteiger partial charge in [-0.2, -0.15) is 0 Å². The van der Waals surface area contributed by atoms with Crippen molar-refractivity contribution in [2.45, 2.75) is 58.9 Å². The lowest BCUT2D eigenvalue weighted by Crippen LogP contribution is -2.39. The van der Waals surface area contributed by atoms with Gasteiger partial charge in [0.1, 0.15) is 0 Å². The van der Waals surface area contributed by atoms with Crippen LogP contribution in [0.15, 0.2) is 24.5 Å². The molecule has 0 spiro atoms. The highest BCUT2D eigenvalue weighted by Gasteiger charge is 2.21. The average Bonchev–Trinajstić information content (AvgIpc) is 2.29. The summed E-state index contributed by atoms with van der Waals surface area (Å²) in [7, 11) is 0. The van der Waals surface area contributed by atoms with Gasteiger partial charge in [0, 0.05) is 30.4 Å². The molecular formula is C16H28N2. The first-order valence-corrected chi connectivity index (χ1v) is 7.09. The van der Waals surface area contributed by atoms with Crippen LogP contribution in [0.1, 0.15) is 58.9 Å². The highest BCUT2D eigenvalue weighted by atomic mass is 14.9. The maximum absolute atomic E-state index is 4.26. The van der Waals surface area contributed by atoms with Crippen molar-refractivity contribution in [3.8, 4) is 0 Å². The maximum atomic E-state index is 4.26. The van der Waals surface area contributed by atoms with E-state index in [9.17, 15) is 0 Å². The van der Waals surface area contributed by atoms with Crippen LogP contribution in [0.5, 0.6) is 0 Å². The Morgan fingerprint density at radius 1 is 1.33 bits per heavy atom. The van der Waals surface area contributed by atoms with Gasteiger partial charge in [-0.05, 0) is 38.3 Å². The molecule has 2 nitrogen and oxygen atoms in total. The van der Waals surface area contributed by atoms with Gasteiger partial charge in [0.25, 0.3) is 0 Å². The molecule has 2 unspecified atom stereocenters. The molecule has 2 heteroatoms. The third-order valence-corrected chi connectivity index (χ3v) is 3.40. The molecule has 1 aromatic heterocycles. The van der Waals surface area contributed by atoms with Gasteiger partial charge in [0.2, 0.25) is 0 Å². The molecule has 0 radical (unpaired) electrons. The molecule has 0 saturated heterocycles. The van der Waals surface area contributed by atoms with E-state index in [1.165, 1.54) is 18.4 Å². The van der Waals surface area contributed by atoms with Crippen molar-refractivity contribution in [2.24, 2.45) is 5.92 Å². The second kappa shape index (κ2) is 6.89. The average molecular weight is 248 g/mol. The van der Waals surface area contributed by atoms with Crippen LogP contribution in [-0.2, 0) is 0 Å². The largest absolute Gasteiger partial charge is 0.311 e. The smallest absolute Gasteiger partial charge is 0.0303 e. The zero-order valence-corrected chi connectivity index (χ0v) is 12.5. The predicted molar refractivity (Wildman–Crippen MR) is 78.8 cm³/mol. The van der Waals surface area contributed by atoms with E-state index in [2.05, 4.69) is 51.0 Å². The van der Waals surface area contributed by atoms with Crippen molar-refractivity contribution >= 4 is 0 Å². The number of rotatable bonds is 6. The second-order valence-electron chi connectivity index (χ2n) is 6.29. The number of nitrogens with one attached hydrogen (secondary N) is 1. The van der Waals surface area contributed by atoms with Crippen LogP contribution >= 0.6 is 0 Å². The fourth-order valence-electron chi connectivity index (χ4n) is 2.32. The third kappa shape index (κ3) is 5.18. The first-order valence-electron chi connectivity index (χ1n) is 7.09. The summed E-state index contributed by atoms with van der Waals surface area (Å²) in [4.78, 5) is 4.26. The van der Waals surface area contributed by atoms with E-state index in [4.69, 9.17) is 0 Å². The molecular weight excluding hydrogens is 220 g/mol. The normalized spacial score (nSPS) is 15.4. The molecule has 0 fully saturated rings. The van der Waals surface area contributed by atoms with E-state index >= 15 is 0 Å². The molecule has 0 amide bonds. The molecule has 1 N–H and O–H groups in total. The molecule has 102 valence electrons. The Morgan fingerprint density at radius 2 is 2.06 bits per heavy atom. The van der Waals surface area contributed by atoms with Gasteiger partial charge in [-0.15, -0.1) is 0 Å². The van der Waals surface area contributed by atoms with E-state index in [-0.39, 0.29) is 5.54 Å². The Kier molecular flexibility index (Phi) is 5.80. The van der Waals surface area contributed by atoms with Crippen LogP contribution in [0.25, 0.3) is 0 Å². The first-order chi connectivity index (χ1) is 8.44. The number of aromatic nitrogens is 1. The molecule has 1 rings (SSSR count). The fraction of sp³-hybridized carbons (Fsp3) is 0.688. The summed E-state index contributed by atoms with van der Waals surface area (Å²) in [5, 5.41) is 3.63. The van der Waals surface area contributed by atoms with Crippen molar-refractivity contribution in [1.82, 2.24) is 10.3 Å². The van der Waals surface area contributed by atoms with Gasteiger partial charge >= 0.3 is 0 Å². The van der Waals surface area contributed by atoms with E-state index in [0.29, 0.717) is 11.8 Å². The van der Waals surface area contributed by atoms with Crippen molar-refractivity contribution in [2.75, 3.05) is 6.54 Å². The molecule has 0 aliphatic carbocycles. The zero-order valence-electron chi connectivity index (χ0n) is 12.5. The van der Waals surface area contributed by atoms with Crippen LogP contribution in [0.4, 0.5) is 0 Å². The predicted octanol–water partition coefficient (Wildman–Crippen LogP) is 3.99. The van der Waals surface area contributed by atoms with Gasteiger partial charge in [-0.25, -0.2) is 0 Å². The highest BCUT2D eigenvalue weighted by molar-refractivity contribution is 5.16. The second-order valence-corrected chi connectivity index (χ2v) is 6.29. The van der Waals surface area contributed by atoms with Crippen LogP contribution in [-0.4, -0.2) is 17.1 Å². The van der Waals surface area contributed by atoms with E-state index in [0.717, 1.165) is 6.54 Å². The lowest BCUT2D eigenvalue weighted by atomic mass is 9.84. The molecule has 0 bridgehead atoms. The van der Waals surface area contributed by atoms with Gasteiger partial charge in [0.15, 0.2) is 0 Å². The zero-order chi connectivity index (χ0) is 13.6. The Balaban J connectivity index is 2.76.